The first-order chi connectivity index (χ1) is 2.00. The Morgan fingerprint density at radius 2 is 1.50 bits per heavy atom. The zero-order valence-electron chi connectivity index (χ0n) is 2.83. The molecule has 32 valence electrons. The number of rotatable bonds is 0. The van der Waals surface area contributed by atoms with Crippen molar-refractivity contribution in [2.75, 3.05) is 0 Å². The number of hydrogen-bond acceptors (Lipinski definition) is 3. The minimum Gasteiger partial charge on any atom is -0.812 e. The molecule has 0 spiro atoms. The summed E-state index contributed by atoms with van der Waals surface area (Å²) in [5, 5.41) is 0. The maximum absolute atomic E-state index is 9.03. The van der Waals surface area contributed by atoms with Gasteiger partial charge in [0.15, 0.2) is 0 Å². The molecule has 0 aliphatic carbocycles. The van der Waals surface area contributed by atoms with E-state index in [0.29, 0.717) is 0 Å². The summed E-state index contributed by atoms with van der Waals surface area (Å²) in [6.07, 6.45) is 0. The van der Waals surface area contributed by atoms with Gasteiger partial charge in [-0.3, -0.25) is 0 Å². The fourth-order valence-corrected chi connectivity index (χ4v) is 0. The molecule has 0 unspecified atom stereocenters. The van der Waals surface area contributed by atoms with Crippen LogP contribution < -0.4 is 9.79 Å². The van der Waals surface area contributed by atoms with Crippen molar-refractivity contribution in [3.63, 3.8) is 0 Å². The Balaban J connectivity index is 0. The third kappa shape index (κ3) is 66.8. The second-order valence-electron chi connectivity index (χ2n) is 0.469. The number of hydrogen-bond donors (Lipinski definition) is 1. The first kappa shape index (κ1) is 10.2. The molecule has 0 aliphatic rings. The Labute approximate surface area is 53.0 Å². The zero-order valence-corrected chi connectivity index (χ0v) is 7.50. The van der Waals surface area contributed by atoms with Crippen molar-refractivity contribution in [3.05, 3.63) is 0 Å². The van der Waals surface area contributed by atoms with E-state index < -0.39 is 6.72 Å². The molecule has 0 saturated carbocycles. The van der Waals surface area contributed by atoms with Gasteiger partial charge in [0.25, 0.3) is 0 Å². The van der Waals surface area contributed by atoms with E-state index in [4.69, 9.17) is 14.7 Å². The van der Waals surface area contributed by atoms with Gasteiger partial charge in [-0.25, -0.2) is 0 Å². The summed E-state index contributed by atoms with van der Waals surface area (Å²) in [7, 11) is 0. The quantitative estimate of drug-likeness (QED) is 0.341. The van der Waals surface area contributed by atoms with Crippen LogP contribution in [-0.2, 0) is 31.3 Å². The van der Waals surface area contributed by atoms with Gasteiger partial charge in [-0.05, 0) is 0 Å². The fraction of sp³-hybridized carbons (Fsp3) is 0. The first-order valence-corrected chi connectivity index (χ1v) is 3.34. The maximum Gasteiger partial charge on any atom is 2.00 e. The Morgan fingerprint density at radius 3 is 1.50 bits per heavy atom. The van der Waals surface area contributed by atoms with Crippen LogP contribution in [0.1, 0.15) is 0 Å². The summed E-state index contributed by atoms with van der Waals surface area (Å²) >= 11 is 3.38. The third-order valence-corrected chi connectivity index (χ3v) is 0. The molecular formula is HO3PSZn. The van der Waals surface area contributed by atoms with Gasteiger partial charge in [-0.15, -0.1) is 11.8 Å². The van der Waals surface area contributed by atoms with E-state index in [-0.39, 0.29) is 19.5 Å². The van der Waals surface area contributed by atoms with Crippen molar-refractivity contribution in [1.29, 1.82) is 0 Å². The van der Waals surface area contributed by atoms with E-state index >= 15 is 0 Å². The molecule has 6 heteroatoms. The predicted molar refractivity (Wildman–Crippen MR) is 16.5 cm³/mol. The van der Waals surface area contributed by atoms with Gasteiger partial charge in [-0.1, -0.05) is 6.72 Å². The second-order valence-corrected chi connectivity index (χ2v) is 2.79. The van der Waals surface area contributed by atoms with Crippen LogP contribution in [0.5, 0.6) is 0 Å². The monoisotopic (exact) mass is 176 g/mol. The molecule has 0 saturated heterocycles. The van der Waals surface area contributed by atoms with Crippen LogP contribution in [-0.4, -0.2) is 4.89 Å². The Morgan fingerprint density at radius 1 is 1.50 bits per heavy atom. The zero-order chi connectivity index (χ0) is 4.50. The van der Waals surface area contributed by atoms with E-state index in [1.807, 2.05) is 0 Å². The van der Waals surface area contributed by atoms with Gasteiger partial charge in [0.2, 0.25) is 0 Å². The van der Waals surface area contributed by atoms with E-state index in [1.54, 1.807) is 0 Å². The van der Waals surface area contributed by atoms with E-state index in [2.05, 4.69) is 11.8 Å². The van der Waals surface area contributed by atoms with E-state index in [0.717, 1.165) is 0 Å². The van der Waals surface area contributed by atoms with Crippen molar-refractivity contribution < 1.29 is 34.2 Å². The van der Waals surface area contributed by atoms with E-state index in [9.17, 15) is 0 Å². The Bertz CT molecular complexity index is 56.9. The molecule has 0 amide bonds. The van der Waals surface area contributed by atoms with Gasteiger partial charge in [-0.2, -0.15) is 0 Å². The van der Waals surface area contributed by atoms with Crippen molar-refractivity contribution in [2.45, 2.75) is 0 Å². The molecule has 0 aromatic carbocycles. The Kier molecular flexibility index (Phi) is 5.43. The largest absolute Gasteiger partial charge is 2.00 e. The smallest absolute Gasteiger partial charge is 0.812 e. The predicted octanol–water partition coefficient (Wildman–Crippen LogP) is -2.08. The third-order valence-electron chi connectivity index (χ3n) is 0. The van der Waals surface area contributed by atoms with Crippen molar-refractivity contribution >= 4 is 18.5 Å². The molecule has 0 aromatic heterocycles. The summed E-state index contributed by atoms with van der Waals surface area (Å²) in [6, 6.07) is 0. The Hall–Kier alpha value is 1.15. The van der Waals surface area contributed by atoms with Gasteiger partial charge >= 0.3 is 19.5 Å². The minimum absolute atomic E-state index is 0. The standard InChI is InChI=1S/H3O3PS.Zn/c1-4(2,3)5;/h(H3,1,2,3,5);/q;+2/p-2. The SMILES string of the molecule is [O-]P([O-])(O)=S.[Zn+2]. The molecule has 0 heterocycles. The molecule has 3 nitrogen and oxygen atoms in total. The van der Waals surface area contributed by atoms with Crippen LogP contribution in [0.3, 0.4) is 0 Å². The summed E-state index contributed by atoms with van der Waals surface area (Å²) in [5.41, 5.74) is 0. The van der Waals surface area contributed by atoms with Gasteiger partial charge in [0.05, 0.1) is 0 Å². The maximum atomic E-state index is 9.03. The van der Waals surface area contributed by atoms with Crippen molar-refractivity contribution in [1.82, 2.24) is 0 Å². The minimum atomic E-state index is -4.31. The van der Waals surface area contributed by atoms with E-state index in [1.165, 1.54) is 0 Å². The topological polar surface area (TPSA) is 66.3 Å². The summed E-state index contributed by atoms with van der Waals surface area (Å²) in [6.45, 7) is -4.31. The van der Waals surface area contributed by atoms with Crippen molar-refractivity contribution in [2.24, 2.45) is 0 Å². The summed E-state index contributed by atoms with van der Waals surface area (Å²) in [4.78, 5) is 25.4. The summed E-state index contributed by atoms with van der Waals surface area (Å²) < 4.78 is 0. The van der Waals surface area contributed by atoms with Gasteiger partial charge in [0, 0.05) is 0 Å². The van der Waals surface area contributed by atoms with Crippen LogP contribution in [0.15, 0.2) is 0 Å². The molecule has 0 radical (unpaired) electrons. The molecular weight excluding hydrogens is 176 g/mol. The van der Waals surface area contributed by atoms with Crippen LogP contribution in [0.4, 0.5) is 0 Å². The molecule has 0 bridgehead atoms. The van der Waals surface area contributed by atoms with Gasteiger partial charge in [0.1, 0.15) is 0 Å². The fourth-order valence-electron chi connectivity index (χ4n) is 0. The molecule has 0 fully saturated rings. The van der Waals surface area contributed by atoms with Crippen LogP contribution >= 0.6 is 6.72 Å². The van der Waals surface area contributed by atoms with Crippen LogP contribution in [0.2, 0.25) is 0 Å². The molecule has 6 heavy (non-hydrogen) atoms. The average molecular weight is 177 g/mol. The first-order valence-electron chi connectivity index (χ1n) is 0.748. The van der Waals surface area contributed by atoms with Gasteiger partial charge < -0.3 is 14.7 Å². The molecule has 0 atom stereocenters. The van der Waals surface area contributed by atoms with Crippen LogP contribution in [0, 0.1) is 0 Å². The molecule has 0 aliphatic heterocycles. The summed E-state index contributed by atoms with van der Waals surface area (Å²) in [5.74, 6) is 0. The normalized spacial score (nSPS) is 9.83. The van der Waals surface area contributed by atoms with Crippen molar-refractivity contribution in [3.8, 4) is 0 Å². The van der Waals surface area contributed by atoms with Crippen LogP contribution in [0.25, 0.3) is 0 Å². The molecule has 1 N–H and O–H groups in total. The molecule has 0 rings (SSSR count). The molecule has 0 aromatic rings. The second kappa shape index (κ2) is 3.19. The average Bonchev–Trinajstić information content (AvgIpc) is 0.722.